The standard InChI is InChI=1S/C16H10O8/c17-7-4-10(20)12-11(5-7)24-15(13(14(12)21)16(22)23)6-1-2-8(18)9(19)3-6/h1-5,17-20H,(H,22,23). The Morgan fingerprint density at radius 1 is 0.917 bits per heavy atom. The number of hydrogen-bond donors (Lipinski definition) is 5. The fourth-order valence-electron chi connectivity index (χ4n) is 2.35. The number of carboxylic acids is 1. The van der Waals surface area contributed by atoms with Gasteiger partial charge in [0.15, 0.2) is 22.8 Å². The number of aromatic carboxylic acids is 1. The number of phenolic OH excluding ortho intramolecular Hbond substituents is 4. The molecule has 0 aliphatic carbocycles. The highest BCUT2D eigenvalue weighted by atomic mass is 16.4. The number of rotatable bonds is 2. The van der Waals surface area contributed by atoms with Crippen LogP contribution in [0.5, 0.6) is 23.0 Å². The summed E-state index contributed by atoms with van der Waals surface area (Å²) in [5, 5.41) is 47.2. The van der Waals surface area contributed by atoms with Gasteiger partial charge in [-0.25, -0.2) is 4.79 Å². The quantitative estimate of drug-likeness (QED) is 0.448. The molecule has 1 heterocycles. The van der Waals surface area contributed by atoms with Crippen molar-refractivity contribution in [3.63, 3.8) is 0 Å². The average Bonchev–Trinajstić information content (AvgIpc) is 2.48. The maximum atomic E-state index is 12.5. The Kier molecular flexibility index (Phi) is 3.30. The molecular formula is C16H10O8. The number of hydrogen-bond acceptors (Lipinski definition) is 7. The van der Waals surface area contributed by atoms with Crippen molar-refractivity contribution in [2.75, 3.05) is 0 Å². The Balaban J connectivity index is 2.46. The molecule has 3 aromatic rings. The van der Waals surface area contributed by atoms with E-state index in [0.29, 0.717) is 0 Å². The molecule has 0 fully saturated rings. The van der Waals surface area contributed by atoms with E-state index in [-0.39, 0.29) is 22.7 Å². The van der Waals surface area contributed by atoms with Crippen molar-refractivity contribution < 1.29 is 34.7 Å². The van der Waals surface area contributed by atoms with E-state index in [4.69, 9.17) is 4.42 Å². The summed E-state index contributed by atoms with van der Waals surface area (Å²) in [5.74, 6) is -3.97. The first-order chi connectivity index (χ1) is 11.3. The zero-order valence-corrected chi connectivity index (χ0v) is 11.8. The normalized spacial score (nSPS) is 10.8. The Bertz CT molecular complexity index is 1050. The van der Waals surface area contributed by atoms with Gasteiger partial charge in [0.05, 0.1) is 0 Å². The third kappa shape index (κ3) is 2.26. The first-order valence-electron chi connectivity index (χ1n) is 6.58. The highest BCUT2D eigenvalue weighted by molar-refractivity contribution is 5.99. The van der Waals surface area contributed by atoms with Gasteiger partial charge in [0.1, 0.15) is 22.5 Å². The first kappa shape index (κ1) is 15.2. The second-order valence-electron chi connectivity index (χ2n) is 4.98. The van der Waals surface area contributed by atoms with E-state index in [1.165, 1.54) is 6.07 Å². The molecule has 3 rings (SSSR count). The van der Waals surface area contributed by atoms with Gasteiger partial charge in [0.2, 0.25) is 5.43 Å². The second-order valence-corrected chi connectivity index (χ2v) is 4.98. The number of carboxylic acid groups (broad SMARTS) is 1. The molecule has 0 atom stereocenters. The Morgan fingerprint density at radius 2 is 1.62 bits per heavy atom. The summed E-state index contributed by atoms with van der Waals surface area (Å²) >= 11 is 0. The Labute approximate surface area is 133 Å². The molecule has 0 aliphatic heterocycles. The molecule has 0 bridgehead atoms. The van der Waals surface area contributed by atoms with Crippen LogP contribution in [-0.4, -0.2) is 31.5 Å². The summed E-state index contributed by atoms with van der Waals surface area (Å²) in [5.41, 5.74) is -1.98. The topological polar surface area (TPSA) is 148 Å². The van der Waals surface area contributed by atoms with E-state index in [2.05, 4.69) is 0 Å². The first-order valence-corrected chi connectivity index (χ1v) is 6.58. The van der Waals surface area contributed by atoms with Crippen LogP contribution < -0.4 is 5.43 Å². The van der Waals surface area contributed by atoms with Crippen molar-refractivity contribution in [2.45, 2.75) is 0 Å². The number of fused-ring (bicyclic) bond motifs is 1. The molecule has 0 amide bonds. The van der Waals surface area contributed by atoms with Gasteiger partial charge in [0, 0.05) is 17.7 Å². The van der Waals surface area contributed by atoms with Crippen LogP contribution in [-0.2, 0) is 0 Å². The van der Waals surface area contributed by atoms with Crippen LogP contribution in [0.4, 0.5) is 0 Å². The lowest BCUT2D eigenvalue weighted by Crippen LogP contribution is -2.16. The van der Waals surface area contributed by atoms with Gasteiger partial charge in [-0.2, -0.15) is 0 Å². The molecule has 8 heteroatoms. The number of benzene rings is 2. The van der Waals surface area contributed by atoms with Crippen LogP contribution in [0, 0.1) is 0 Å². The molecule has 1 aromatic heterocycles. The van der Waals surface area contributed by atoms with Gasteiger partial charge in [-0.1, -0.05) is 0 Å². The van der Waals surface area contributed by atoms with E-state index >= 15 is 0 Å². The molecule has 8 nitrogen and oxygen atoms in total. The minimum Gasteiger partial charge on any atom is -0.508 e. The summed E-state index contributed by atoms with van der Waals surface area (Å²) in [7, 11) is 0. The summed E-state index contributed by atoms with van der Waals surface area (Å²) in [6.07, 6.45) is 0. The van der Waals surface area contributed by atoms with Gasteiger partial charge in [-0.15, -0.1) is 0 Å². The predicted octanol–water partition coefficient (Wildman–Crippen LogP) is 1.98. The molecule has 0 saturated carbocycles. The second kappa shape index (κ2) is 5.20. The molecule has 0 aliphatic rings. The fourth-order valence-corrected chi connectivity index (χ4v) is 2.35. The van der Waals surface area contributed by atoms with Gasteiger partial charge in [-0.05, 0) is 18.2 Å². The van der Waals surface area contributed by atoms with Crippen molar-refractivity contribution in [3.8, 4) is 34.3 Å². The van der Waals surface area contributed by atoms with Crippen LogP contribution in [0.1, 0.15) is 10.4 Å². The smallest absolute Gasteiger partial charge is 0.343 e. The Morgan fingerprint density at radius 3 is 2.25 bits per heavy atom. The molecule has 0 unspecified atom stereocenters. The van der Waals surface area contributed by atoms with Crippen LogP contribution in [0.15, 0.2) is 39.5 Å². The van der Waals surface area contributed by atoms with Crippen molar-refractivity contribution in [2.24, 2.45) is 0 Å². The summed E-state index contributed by atoms with van der Waals surface area (Å²) in [4.78, 5) is 23.9. The molecule has 122 valence electrons. The highest BCUT2D eigenvalue weighted by Gasteiger charge is 2.24. The van der Waals surface area contributed by atoms with Crippen molar-refractivity contribution in [1.29, 1.82) is 0 Å². The lowest BCUT2D eigenvalue weighted by molar-refractivity contribution is 0.0694. The van der Waals surface area contributed by atoms with E-state index in [1.807, 2.05) is 0 Å². The number of aromatic hydroxyl groups is 4. The molecule has 24 heavy (non-hydrogen) atoms. The van der Waals surface area contributed by atoms with E-state index in [0.717, 1.165) is 24.3 Å². The van der Waals surface area contributed by atoms with Gasteiger partial charge < -0.3 is 29.9 Å². The van der Waals surface area contributed by atoms with E-state index < -0.39 is 39.6 Å². The van der Waals surface area contributed by atoms with Crippen molar-refractivity contribution in [3.05, 3.63) is 46.1 Å². The van der Waals surface area contributed by atoms with E-state index in [9.17, 15) is 35.1 Å². The fraction of sp³-hybridized carbons (Fsp3) is 0. The van der Waals surface area contributed by atoms with Crippen LogP contribution >= 0.6 is 0 Å². The lowest BCUT2D eigenvalue weighted by Gasteiger charge is -2.09. The minimum atomic E-state index is -1.60. The third-order valence-electron chi connectivity index (χ3n) is 3.41. The van der Waals surface area contributed by atoms with Gasteiger partial charge >= 0.3 is 5.97 Å². The molecule has 0 radical (unpaired) electrons. The van der Waals surface area contributed by atoms with Gasteiger partial charge in [-0.3, -0.25) is 4.79 Å². The van der Waals surface area contributed by atoms with Crippen LogP contribution in [0.25, 0.3) is 22.3 Å². The van der Waals surface area contributed by atoms with Crippen molar-refractivity contribution in [1.82, 2.24) is 0 Å². The zero-order valence-electron chi connectivity index (χ0n) is 11.8. The predicted molar refractivity (Wildman–Crippen MR) is 81.5 cm³/mol. The number of carbonyl (C=O) groups is 1. The lowest BCUT2D eigenvalue weighted by atomic mass is 10.0. The Hall–Kier alpha value is -3.68. The summed E-state index contributed by atoms with van der Waals surface area (Å²) in [6, 6.07) is 5.30. The largest absolute Gasteiger partial charge is 0.508 e. The van der Waals surface area contributed by atoms with Gasteiger partial charge in [0.25, 0.3) is 0 Å². The monoisotopic (exact) mass is 330 g/mol. The summed E-state index contributed by atoms with van der Waals surface area (Å²) in [6.45, 7) is 0. The third-order valence-corrected chi connectivity index (χ3v) is 3.41. The molecule has 0 spiro atoms. The number of phenols is 4. The molecule has 2 aromatic carbocycles. The minimum absolute atomic E-state index is 0.0181. The summed E-state index contributed by atoms with van der Waals surface area (Å²) < 4.78 is 5.38. The van der Waals surface area contributed by atoms with E-state index in [1.54, 1.807) is 0 Å². The maximum Gasteiger partial charge on any atom is 0.343 e. The van der Waals surface area contributed by atoms with Crippen LogP contribution in [0.2, 0.25) is 0 Å². The highest BCUT2D eigenvalue weighted by Crippen LogP contribution is 2.35. The molecule has 0 saturated heterocycles. The maximum absolute atomic E-state index is 12.5. The zero-order chi connectivity index (χ0) is 17.6. The molecule has 5 N–H and O–H groups in total. The molecular weight excluding hydrogens is 320 g/mol. The van der Waals surface area contributed by atoms with Crippen LogP contribution in [0.3, 0.4) is 0 Å². The average molecular weight is 330 g/mol. The SMILES string of the molecule is O=C(O)c1c(-c2ccc(O)c(O)c2)oc2cc(O)cc(O)c2c1=O. The van der Waals surface area contributed by atoms with Crippen molar-refractivity contribution >= 4 is 16.9 Å².